The zero-order valence-electron chi connectivity index (χ0n) is 6.22. The molecule has 0 amide bonds. The number of oxime groups is 1. The van der Waals surface area contributed by atoms with Crippen LogP contribution in [-0.2, 0) is 0 Å². The molecule has 0 aromatic carbocycles. The van der Waals surface area contributed by atoms with E-state index < -0.39 is 10.1 Å². The smallest absolute Gasteiger partial charge is 0.298 e. The molecule has 0 bridgehead atoms. The molecule has 0 saturated carbocycles. The first-order valence-corrected chi connectivity index (χ1v) is 3.52. The second-order valence-electron chi connectivity index (χ2n) is 2.02. The molecule has 0 aliphatic rings. The van der Waals surface area contributed by atoms with Crippen LogP contribution in [0.2, 0.25) is 0 Å². The summed E-state index contributed by atoms with van der Waals surface area (Å²) in [6.07, 6.45) is 1.32. The highest BCUT2D eigenvalue weighted by atomic mass is 35.5. The van der Waals surface area contributed by atoms with Crippen molar-refractivity contribution < 1.29 is 10.1 Å². The van der Waals surface area contributed by atoms with E-state index in [1.807, 2.05) is 0 Å². The minimum Gasteiger partial charge on any atom is -0.410 e. The third-order valence-electron chi connectivity index (χ3n) is 1.27. The van der Waals surface area contributed by atoms with Crippen LogP contribution in [0.3, 0.4) is 0 Å². The van der Waals surface area contributed by atoms with E-state index in [-0.39, 0.29) is 11.4 Å². The summed E-state index contributed by atoms with van der Waals surface area (Å²) in [7, 11) is 0. The Kier molecular flexibility index (Phi) is 2.76. The van der Waals surface area contributed by atoms with Crippen LogP contribution < -0.4 is 0 Å². The Labute approximate surface area is 77.6 Å². The van der Waals surface area contributed by atoms with E-state index in [2.05, 4.69) is 10.1 Å². The maximum atomic E-state index is 10.4. The molecule has 13 heavy (non-hydrogen) atoms. The van der Waals surface area contributed by atoms with Crippen LogP contribution in [0.5, 0.6) is 0 Å². The Hall–Kier alpha value is -1.69. The molecule has 68 valence electrons. The van der Waals surface area contributed by atoms with Gasteiger partial charge in [0.2, 0.25) is 5.17 Å². The fraction of sp³-hybridized carbons (Fsp3) is 0. The number of nitro groups is 1. The molecular weight excluding hydrogens is 198 g/mol. The van der Waals surface area contributed by atoms with E-state index in [1.54, 1.807) is 0 Å². The van der Waals surface area contributed by atoms with E-state index >= 15 is 0 Å². The van der Waals surface area contributed by atoms with Gasteiger partial charge in [-0.05, 0) is 6.07 Å². The second kappa shape index (κ2) is 3.81. The fourth-order valence-corrected chi connectivity index (χ4v) is 0.896. The van der Waals surface area contributed by atoms with E-state index in [0.717, 1.165) is 0 Å². The second-order valence-corrected chi connectivity index (χ2v) is 2.38. The van der Waals surface area contributed by atoms with Crippen molar-refractivity contribution in [3.63, 3.8) is 0 Å². The molecule has 6 nitrogen and oxygen atoms in total. The SMILES string of the molecule is O=[N+]([O-])c1cccnc1C(Cl)=NO. The predicted molar refractivity (Wildman–Crippen MR) is 45.1 cm³/mol. The lowest BCUT2D eigenvalue weighted by Gasteiger charge is -1.96. The Morgan fingerprint density at radius 1 is 1.77 bits per heavy atom. The Balaban J connectivity index is 3.28. The largest absolute Gasteiger partial charge is 0.410 e. The number of nitrogens with zero attached hydrogens (tertiary/aromatic N) is 3. The van der Waals surface area contributed by atoms with Gasteiger partial charge in [-0.3, -0.25) is 10.1 Å². The van der Waals surface area contributed by atoms with Crippen molar-refractivity contribution in [3.05, 3.63) is 34.1 Å². The lowest BCUT2D eigenvalue weighted by Crippen LogP contribution is -2.01. The summed E-state index contributed by atoms with van der Waals surface area (Å²) in [5.74, 6) is 0. The summed E-state index contributed by atoms with van der Waals surface area (Å²) in [4.78, 5) is 13.4. The summed E-state index contributed by atoms with van der Waals surface area (Å²) in [6, 6.07) is 2.61. The van der Waals surface area contributed by atoms with Crippen LogP contribution in [0.25, 0.3) is 0 Å². The van der Waals surface area contributed by atoms with Gasteiger partial charge in [0.05, 0.1) is 4.92 Å². The quantitative estimate of drug-likeness (QED) is 0.339. The van der Waals surface area contributed by atoms with Gasteiger partial charge in [-0.15, -0.1) is 0 Å². The van der Waals surface area contributed by atoms with Crippen molar-refractivity contribution in [1.29, 1.82) is 0 Å². The van der Waals surface area contributed by atoms with E-state index in [1.165, 1.54) is 18.3 Å². The molecule has 1 aromatic heterocycles. The van der Waals surface area contributed by atoms with Crippen molar-refractivity contribution >= 4 is 22.5 Å². The maximum Gasteiger partial charge on any atom is 0.298 e. The van der Waals surface area contributed by atoms with E-state index in [0.29, 0.717) is 0 Å². The molecule has 0 atom stereocenters. The molecule has 0 radical (unpaired) electrons. The van der Waals surface area contributed by atoms with Gasteiger partial charge in [-0.2, -0.15) is 0 Å². The maximum absolute atomic E-state index is 10.4. The zero-order valence-corrected chi connectivity index (χ0v) is 6.97. The van der Waals surface area contributed by atoms with Crippen LogP contribution in [0, 0.1) is 10.1 Å². The molecule has 0 unspecified atom stereocenters. The fourth-order valence-electron chi connectivity index (χ4n) is 0.750. The monoisotopic (exact) mass is 201 g/mol. The molecule has 1 N–H and O–H groups in total. The summed E-state index contributed by atoms with van der Waals surface area (Å²) >= 11 is 5.37. The van der Waals surface area contributed by atoms with Crippen LogP contribution in [0.1, 0.15) is 5.69 Å². The molecule has 1 heterocycles. The number of aromatic nitrogens is 1. The van der Waals surface area contributed by atoms with Crippen molar-refractivity contribution in [3.8, 4) is 0 Å². The molecule has 1 aromatic rings. The molecule has 0 aliphatic heterocycles. The van der Waals surface area contributed by atoms with E-state index in [4.69, 9.17) is 16.8 Å². The summed E-state index contributed by atoms with van der Waals surface area (Å²) in [6.45, 7) is 0. The Morgan fingerprint density at radius 3 is 3.00 bits per heavy atom. The third kappa shape index (κ3) is 1.91. The molecular formula is C6H4ClN3O3. The van der Waals surface area contributed by atoms with Gasteiger partial charge < -0.3 is 5.21 Å². The van der Waals surface area contributed by atoms with Crippen LogP contribution in [0.4, 0.5) is 5.69 Å². The average molecular weight is 202 g/mol. The molecule has 7 heteroatoms. The number of halogens is 1. The highest BCUT2D eigenvalue weighted by Gasteiger charge is 2.17. The van der Waals surface area contributed by atoms with Gasteiger partial charge in [0.1, 0.15) is 0 Å². The molecule has 0 fully saturated rings. The van der Waals surface area contributed by atoms with Gasteiger partial charge >= 0.3 is 0 Å². The first kappa shape index (κ1) is 9.40. The molecule has 0 aliphatic carbocycles. The van der Waals surface area contributed by atoms with E-state index in [9.17, 15) is 10.1 Å². The zero-order chi connectivity index (χ0) is 9.84. The summed E-state index contributed by atoms with van der Waals surface area (Å²) in [5, 5.41) is 20.9. The number of hydrogen-bond acceptors (Lipinski definition) is 5. The minimum atomic E-state index is -0.657. The lowest BCUT2D eigenvalue weighted by atomic mass is 10.3. The number of hydrogen-bond donors (Lipinski definition) is 1. The van der Waals surface area contributed by atoms with Crippen molar-refractivity contribution in [2.24, 2.45) is 5.16 Å². The predicted octanol–water partition coefficient (Wildman–Crippen LogP) is 1.36. The Morgan fingerprint density at radius 2 is 2.46 bits per heavy atom. The summed E-state index contributed by atoms with van der Waals surface area (Å²) < 4.78 is 0. The van der Waals surface area contributed by atoms with Gasteiger partial charge in [0.25, 0.3) is 5.69 Å². The topological polar surface area (TPSA) is 88.6 Å². The number of pyridine rings is 1. The van der Waals surface area contributed by atoms with Crippen molar-refractivity contribution in [2.75, 3.05) is 0 Å². The van der Waals surface area contributed by atoms with Crippen LogP contribution in [0.15, 0.2) is 23.5 Å². The molecule has 1 rings (SSSR count). The van der Waals surface area contributed by atoms with Gasteiger partial charge in [0.15, 0.2) is 5.69 Å². The first-order valence-electron chi connectivity index (χ1n) is 3.14. The molecule has 0 spiro atoms. The van der Waals surface area contributed by atoms with Gasteiger partial charge in [0, 0.05) is 12.3 Å². The Bertz CT molecular complexity index is 366. The highest BCUT2D eigenvalue weighted by Crippen LogP contribution is 2.17. The highest BCUT2D eigenvalue weighted by molar-refractivity contribution is 6.69. The molecule has 0 saturated heterocycles. The van der Waals surface area contributed by atoms with Crippen LogP contribution >= 0.6 is 11.6 Å². The average Bonchev–Trinajstić information content (AvgIpc) is 2.16. The summed E-state index contributed by atoms with van der Waals surface area (Å²) in [5.41, 5.74) is -0.457. The minimum absolute atomic E-state index is 0.156. The number of rotatable bonds is 2. The lowest BCUT2D eigenvalue weighted by molar-refractivity contribution is -0.385. The van der Waals surface area contributed by atoms with Gasteiger partial charge in [-0.25, -0.2) is 4.98 Å². The van der Waals surface area contributed by atoms with Crippen LogP contribution in [-0.4, -0.2) is 20.3 Å². The standard InChI is InChI=1S/C6H4ClN3O3/c7-6(9-11)5-4(10(12)13)2-1-3-8-5/h1-3,11H. The van der Waals surface area contributed by atoms with Gasteiger partial charge in [-0.1, -0.05) is 16.8 Å². The first-order chi connectivity index (χ1) is 6.16. The normalized spacial score (nSPS) is 11.3. The van der Waals surface area contributed by atoms with Crippen molar-refractivity contribution in [2.45, 2.75) is 0 Å². The third-order valence-corrected chi connectivity index (χ3v) is 1.52. The van der Waals surface area contributed by atoms with Crippen molar-refractivity contribution in [1.82, 2.24) is 4.98 Å².